The third kappa shape index (κ3) is 6.36. The van der Waals surface area contributed by atoms with Crippen LogP contribution in [0.1, 0.15) is 27.2 Å². The molecule has 0 rings (SSSR count). The molecule has 0 aliphatic heterocycles. The van der Waals surface area contributed by atoms with E-state index < -0.39 is 0 Å². The number of nitrogens with two attached hydrogens (primary N) is 1. The van der Waals surface area contributed by atoms with Crippen LogP contribution in [0.2, 0.25) is 0 Å². The van der Waals surface area contributed by atoms with Gasteiger partial charge in [-0.25, -0.2) is 0 Å². The fourth-order valence-electron chi connectivity index (χ4n) is 0.925. The Kier molecular flexibility index (Phi) is 7.81. The minimum atomic E-state index is 0.283. The molecule has 3 unspecified atom stereocenters. The second-order valence-corrected chi connectivity index (χ2v) is 4.95. The van der Waals surface area contributed by atoms with Gasteiger partial charge in [0.15, 0.2) is 0 Å². The lowest BCUT2D eigenvalue weighted by atomic mass is 10.0. The summed E-state index contributed by atoms with van der Waals surface area (Å²) in [7, 11) is 0. The minimum Gasteiger partial charge on any atom is -0.396 e. The van der Waals surface area contributed by atoms with E-state index in [9.17, 15) is 0 Å². The van der Waals surface area contributed by atoms with Crippen molar-refractivity contribution in [3.63, 3.8) is 0 Å². The quantitative estimate of drug-likeness (QED) is 0.665. The van der Waals surface area contributed by atoms with E-state index in [1.807, 2.05) is 11.8 Å². The van der Waals surface area contributed by atoms with Gasteiger partial charge in [-0.05, 0) is 17.6 Å². The van der Waals surface area contributed by atoms with Crippen LogP contribution in [0.25, 0.3) is 0 Å². The first kappa shape index (κ1) is 13.3. The Bertz CT molecular complexity index is 121. The SMILES string of the molecule is CCC(C)C(N)CSCC(C)CO. The number of rotatable bonds is 7. The maximum atomic E-state index is 8.81. The predicted molar refractivity (Wildman–Crippen MR) is 61.0 cm³/mol. The van der Waals surface area contributed by atoms with E-state index in [2.05, 4.69) is 20.8 Å². The molecule has 0 saturated heterocycles. The fourth-order valence-corrected chi connectivity index (χ4v) is 2.17. The molecule has 0 aromatic rings. The highest BCUT2D eigenvalue weighted by atomic mass is 32.2. The summed E-state index contributed by atoms with van der Waals surface area (Å²) in [6.07, 6.45) is 1.15. The van der Waals surface area contributed by atoms with Gasteiger partial charge >= 0.3 is 0 Å². The topological polar surface area (TPSA) is 46.2 Å². The highest BCUT2D eigenvalue weighted by molar-refractivity contribution is 7.99. The van der Waals surface area contributed by atoms with E-state index in [4.69, 9.17) is 10.8 Å². The molecule has 0 bridgehead atoms. The fraction of sp³-hybridized carbons (Fsp3) is 1.00. The molecule has 0 aliphatic carbocycles. The Hall–Kier alpha value is 0.270. The van der Waals surface area contributed by atoms with Crippen molar-refractivity contribution in [1.82, 2.24) is 0 Å². The number of hydrogen-bond donors (Lipinski definition) is 2. The molecule has 0 radical (unpaired) electrons. The van der Waals surface area contributed by atoms with Gasteiger partial charge in [-0.15, -0.1) is 0 Å². The van der Waals surface area contributed by atoms with E-state index >= 15 is 0 Å². The zero-order chi connectivity index (χ0) is 10.3. The van der Waals surface area contributed by atoms with E-state index in [-0.39, 0.29) is 6.61 Å². The van der Waals surface area contributed by atoms with E-state index in [0.29, 0.717) is 17.9 Å². The summed E-state index contributed by atoms with van der Waals surface area (Å²) in [5.41, 5.74) is 5.97. The highest BCUT2D eigenvalue weighted by Crippen LogP contribution is 2.13. The summed E-state index contributed by atoms with van der Waals surface area (Å²) in [6.45, 7) is 6.71. The Morgan fingerprint density at radius 2 is 1.92 bits per heavy atom. The standard InChI is InChI=1S/C10H23NOS/c1-4-9(3)10(11)7-13-6-8(2)5-12/h8-10,12H,4-7,11H2,1-3H3. The van der Waals surface area contributed by atoms with Crippen molar-refractivity contribution in [3.8, 4) is 0 Å². The Morgan fingerprint density at radius 1 is 1.31 bits per heavy atom. The lowest BCUT2D eigenvalue weighted by Gasteiger charge is -2.18. The smallest absolute Gasteiger partial charge is 0.0464 e. The van der Waals surface area contributed by atoms with Crippen LogP contribution in [0.4, 0.5) is 0 Å². The molecule has 0 aromatic heterocycles. The van der Waals surface area contributed by atoms with Crippen molar-refractivity contribution >= 4 is 11.8 Å². The molecule has 0 aromatic carbocycles. The molecule has 0 amide bonds. The molecule has 2 nitrogen and oxygen atoms in total. The first-order chi connectivity index (χ1) is 6.11. The number of aliphatic hydroxyl groups is 1. The van der Waals surface area contributed by atoms with Crippen molar-refractivity contribution in [3.05, 3.63) is 0 Å². The third-order valence-electron chi connectivity index (χ3n) is 2.40. The maximum Gasteiger partial charge on any atom is 0.0464 e. The molecule has 0 spiro atoms. The summed E-state index contributed by atoms with van der Waals surface area (Å²) in [4.78, 5) is 0. The van der Waals surface area contributed by atoms with E-state index in [1.54, 1.807) is 0 Å². The van der Waals surface area contributed by atoms with Crippen molar-refractivity contribution in [2.45, 2.75) is 33.2 Å². The van der Waals surface area contributed by atoms with Crippen LogP contribution in [0, 0.1) is 11.8 Å². The van der Waals surface area contributed by atoms with Gasteiger partial charge in [-0.2, -0.15) is 11.8 Å². The van der Waals surface area contributed by atoms with Gasteiger partial charge in [-0.3, -0.25) is 0 Å². The molecule has 0 fully saturated rings. The van der Waals surface area contributed by atoms with Crippen LogP contribution >= 0.6 is 11.8 Å². The van der Waals surface area contributed by atoms with Gasteiger partial charge in [-0.1, -0.05) is 27.2 Å². The van der Waals surface area contributed by atoms with Gasteiger partial charge < -0.3 is 10.8 Å². The summed E-state index contributed by atoms with van der Waals surface area (Å²) in [5, 5.41) is 8.81. The number of aliphatic hydroxyl groups excluding tert-OH is 1. The zero-order valence-corrected chi connectivity index (χ0v) is 9.81. The van der Waals surface area contributed by atoms with Crippen LogP contribution < -0.4 is 5.73 Å². The molecule has 13 heavy (non-hydrogen) atoms. The summed E-state index contributed by atoms with van der Waals surface area (Å²) in [6, 6.07) is 0.306. The van der Waals surface area contributed by atoms with E-state index in [0.717, 1.165) is 17.9 Å². The van der Waals surface area contributed by atoms with Gasteiger partial charge in [0.1, 0.15) is 0 Å². The summed E-state index contributed by atoms with van der Waals surface area (Å²) < 4.78 is 0. The minimum absolute atomic E-state index is 0.283. The molecule has 3 N–H and O–H groups in total. The normalized spacial score (nSPS) is 18.2. The van der Waals surface area contributed by atoms with Gasteiger partial charge in [0.25, 0.3) is 0 Å². The Labute approximate surface area is 86.3 Å². The maximum absolute atomic E-state index is 8.81. The van der Waals surface area contributed by atoms with Crippen LogP contribution in [0.15, 0.2) is 0 Å². The average molecular weight is 205 g/mol. The van der Waals surface area contributed by atoms with Crippen molar-refractivity contribution in [1.29, 1.82) is 0 Å². The van der Waals surface area contributed by atoms with Crippen LogP contribution in [0.3, 0.4) is 0 Å². The zero-order valence-electron chi connectivity index (χ0n) is 8.99. The number of thioether (sulfide) groups is 1. The van der Waals surface area contributed by atoms with Crippen molar-refractivity contribution in [2.24, 2.45) is 17.6 Å². The predicted octanol–water partition coefficient (Wildman–Crippen LogP) is 1.72. The van der Waals surface area contributed by atoms with Crippen LogP contribution in [-0.2, 0) is 0 Å². The molecular formula is C10H23NOS. The van der Waals surface area contributed by atoms with Crippen LogP contribution in [-0.4, -0.2) is 29.3 Å². The largest absolute Gasteiger partial charge is 0.396 e. The molecule has 3 atom stereocenters. The first-order valence-corrected chi connectivity index (χ1v) is 6.21. The number of hydrogen-bond acceptors (Lipinski definition) is 3. The van der Waals surface area contributed by atoms with Crippen molar-refractivity contribution in [2.75, 3.05) is 18.1 Å². The molecule has 3 heteroatoms. The monoisotopic (exact) mass is 205 g/mol. The highest BCUT2D eigenvalue weighted by Gasteiger charge is 2.10. The van der Waals surface area contributed by atoms with Gasteiger partial charge in [0.2, 0.25) is 0 Å². The van der Waals surface area contributed by atoms with Gasteiger partial charge in [0.05, 0.1) is 0 Å². The second-order valence-electron chi connectivity index (χ2n) is 3.87. The summed E-state index contributed by atoms with van der Waals surface area (Å²) >= 11 is 1.85. The molecule has 0 heterocycles. The molecule has 0 saturated carbocycles. The lowest BCUT2D eigenvalue weighted by molar-refractivity contribution is 0.250. The second kappa shape index (κ2) is 7.65. The van der Waals surface area contributed by atoms with Crippen LogP contribution in [0.5, 0.6) is 0 Å². The van der Waals surface area contributed by atoms with E-state index in [1.165, 1.54) is 0 Å². The average Bonchev–Trinajstić information content (AvgIpc) is 2.15. The molecule has 80 valence electrons. The van der Waals surface area contributed by atoms with Gasteiger partial charge in [0, 0.05) is 18.4 Å². The lowest BCUT2D eigenvalue weighted by Crippen LogP contribution is -2.30. The molecular weight excluding hydrogens is 182 g/mol. The van der Waals surface area contributed by atoms with Crippen molar-refractivity contribution < 1.29 is 5.11 Å². The molecule has 0 aliphatic rings. The third-order valence-corrected chi connectivity index (χ3v) is 3.82. The Morgan fingerprint density at radius 3 is 2.38 bits per heavy atom. The first-order valence-electron chi connectivity index (χ1n) is 5.06. The summed E-state index contributed by atoms with van der Waals surface area (Å²) in [5.74, 6) is 3.03. The Balaban J connectivity index is 3.41.